The van der Waals surface area contributed by atoms with Crippen molar-refractivity contribution in [1.29, 1.82) is 0 Å². The fourth-order valence-electron chi connectivity index (χ4n) is 3.94. The quantitative estimate of drug-likeness (QED) is 0.926. The number of benzene rings is 2. The van der Waals surface area contributed by atoms with E-state index in [9.17, 15) is 0 Å². The van der Waals surface area contributed by atoms with Gasteiger partial charge in [0.15, 0.2) is 0 Å². The first-order chi connectivity index (χ1) is 10.4. The van der Waals surface area contributed by atoms with Gasteiger partial charge in [-0.25, -0.2) is 0 Å². The highest BCUT2D eigenvalue weighted by Crippen LogP contribution is 2.42. The third kappa shape index (κ3) is 2.14. The maximum atomic E-state index is 5.63. The van der Waals surface area contributed by atoms with Crippen molar-refractivity contribution < 1.29 is 4.74 Å². The average Bonchev–Trinajstić information content (AvgIpc) is 3.15. The van der Waals surface area contributed by atoms with Crippen LogP contribution in [0.1, 0.15) is 40.6 Å². The minimum atomic E-state index is 0.388. The summed E-state index contributed by atoms with van der Waals surface area (Å²) in [6, 6.07) is 16.0. The number of rotatable bonds is 3. The van der Waals surface area contributed by atoms with Crippen molar-refractivity contribution >= 4 is 0 Å². The second-order valence-electron chi connectivity index (χ2n) is 6.08. The predicted octanol–water partition coefficient (Wildman–Crippen LogP) is 3.61. The van der Waals surface area contributed by atoms with E-state index >= 15 is 0 Å². The fraction of sp³-hybridized carbons (Fsp3) is 0.368. The van der Waals surface area contributed by atoms with Gasteiger partial charge in [0.1, 0.15) is 5.75 Å². The van der Waals surface area contributed by atoms with Crippen molar-refractivity contribution in [2.75, 3.05) is 13.7 Å². The summed E-state index contributed by atoms with van der Waals surface area (Å²) in [6.07, 6.45) is 3.48. The molecule has 1 N–H and O–H groups in total. The summed E-state index contributed by atoms with van der Waals surface area (Å²) in [5, 5.41) is 3.55. The molecule has 2 atom stereocenters. The summed E-state index contributed by atoms with van der Waals surface area (Å²) in [5.41, 5.74) is 5.79. The summed E-state index contributed by atoms with van der Waals surface area (Å²) < 4.78 is 5.63. The van der Waals surface area contributed by atoms with Crippen LogP contribution in [0.5, 0.6) is 5.75 Å². The third-order valence-electron chi connectivity index (χ3n) is 4.97. The second kappa shape index (κ2) is 5.19. The van der Waals surface area contributed by atoms with Crippen LogP contribution >= 0.6 is 0 Å². The summed E-state index contributed by atoms with van der Waals surface area (Å²) in [7, 11) is 2.08. The molecule has 2 aromatic rings. The first-order valence-electron chi connectivity index (χ1n) is 7.87. The van der Waals surface area contributed by atoms with Crippen LogP contribution in [-0.4, -0.2) is 13.7 Å². The second-order valence-corrected chi connectivity index (χ2v) is 6.08. The molecular formula is C19H21NO. The number of fused-ring (bicyclic) bond motifs is 2. The van der Waals surface area contributed by atoms with E-state index in [1.807, 2.05) is 0 Å². The molecule has 2 aliphatic rings. The largest absolute Gasteiger partial charge is 0.493 e. The van der Waals surface area contributed by atoms with Crippen LogP contribution in [-0.2, 0) is 12.8 Å². The summed E-state index contributed by atoms with van der Waals surface area (Å²) >= 11 is 0. The Hall–Kier alpha value is -1.80. The molecule has 0 saturated carbocycles. The number of hydrogen-bond donors (Lipinski definition) is 1. The molecular weight excluding hydrogens is 258 g/mol. The molecule has 4 rings (SSSR count). The van der Waals surface area contributed by atoms with Crippen molar-refractivity contribution in [1.82, 2.24) is 5.32 Å². The third-order valence-corrected chi connectivity index (χ3v) is 4.97. The van der Waals surface area contributed by atoms with Gasteiger partial charge in [-0.15, -0.1) is 0 Å². The number of nitrogens with one attached hydrogen (secondary N) is 1. The van der Waals surface area contributed by atoms with Crippen LogP contribution < -0.4 is 10.1 Å². The molecule has 2 unspecified atom stereocenters. The molecule has 0 amide bonds. The highest BCUT2D eigenvalue weighted by molar-refractivity contribution is 5.43. The van der Waals surface area contributed by atoms with Crippen LogP contribution in [0.2, 0.25) is 0 Å². The van der Waals surface area contributed by atoms with E-state index in [1.54, 1.807) is 0 Å². The zero-order chi connectivity index (χ0) is 14.2. The van der Waals surface area contributed by atoms with Crippen LogP contribution in [0.3, 0.4) is 0 Å². The maximum absolute atomic E-state index is 5.63. The Balaban J connectivity index is 1.70. The average molecular weight is 279 g/mol. The molecule has 2 heteroatoms. The first-order valence-corrected chi connectivity index (χ1v) is 7.87. The van der Waals surface area contributed by atoms with Crippen molar-refractivity contribution in [2.24, 2.45) is 0 Å². The van der Waals surface area contributed by atoms with Gasteiger partial charge in [-0.1, -0.05) is 36.4 Å². The Morgan fingerprint density at radius 2 is 2.00 bits per heavy atom. The smallest absolute Gasteiger partial charge is 0.122 e. The molecule has 0 radical (unpaired) electrons. The normalized spacial score (nSPS) is 20.7. The van der Waals surface area contributed by atoms with Crippen LogP contribution in [0.25, 0.3) is 0 Å². The lowest BCUT2D eigenvalue weighted by molar-refractivity contribution is 0.356. The lowest BCUT2D eigenvalue weighted by atomic mass is 9.87. The van der Waals surface area contributed by atoms with E-state index in [-0.39, 0.29) is 0 Å². The van der Waals surface area contributed by atoms with Gasteiger partial charge in [-0.2, -0.15) is 0 Å². The molecule has 1 aliphatic heterocycles. The van der Waals surface area contributed by atoms with Crippen LogP contribution in [0.15, 0.2) is 42.5 Å². The molecule has 0 aromatic heterocycles. The predicted molar refractivity (Wildman–Crippen MR) is 84.9 cm³/mol. The standard InChI is InChI=1S/C19H21NO/c1-20-19(15-7-9-18-14(12-15)10-11-21-18)17-8-6-13-4-2-3-5-16(13)17/h2-5,7,9,12,17,19-20H,6,8,10-11H2,1H3. The Morgan fingerprint density at radius 1 is 1.10 bits per heavy atom. The molecule has 2 nitrogen and oxygen atoms in total. The van der Waals surface area contributed by atoms with Gasteiger partial charge >= 0.3 is 0 Å². The Morgan fingerprint density at radius 3 is 2.90 bits per heavy atom. The van der Waals surface area contributed by atoms with Crippen LogP contribution in [0, 0.1) is 0 Å². The molecule has 108 valence electrons. The topological polar surface area (TPSA) is 21.3 Å². The van der Waals surface area contributed by atoms with Crippen molar-refractivity contribution in [3.63, 3.8) is 0 Å². The van der Waals surface area contributed by atoms with Crippen LogP contribution in [0.4, 0.5) is 0 Å². The van der Waals surface area contributed by atoms with Gasteiger partial charge in [0.25, 0.3) is 0 Å². The molecule has 21 heavy (non-hydrogen) atoms. The SMILES string of the molecule is CNC(c1ccc2c(c1)CCO2)C1CCc2ccccc21. The van der Waals surface area contributed by atoms with E-state index in [2.05, 4.69) is 54.8 Å². The monoisotopic (exact) mass is 279 g/mol. The number of aryl methyl sites for hydroxylation is 1. The maximum Gasteiger partial charge on any atom is 0.122 e. The lowest BCUT2D eigenvalue weighted by Crippen LogP contribution is -2.22. The van der Waals surface area contributed by atoms with E-state index in [0.717, 1.165) is 18.8 Å². The summed E-state index contributed by atoms with van der Waals surface area (Å²) in [6.45, 7) is 0.829. The zero-order valence-electron chi connectivity index (χ0n) is 12.4. The van der Waals surface area contributed by atoms with Gasteiger partial charge in [0.05, 0.1) is 6.61 Å². The summed E-state index contributed by atoms with van der Waals surface area (Å²) in [4.78, 5) is 0. The minimum absolute atomic E-state index is 0.388. The van der Waals surface area contributed by atoms with Gasteiger partial charge < -0.3 is 10.1 Å². The number of likely N-dealkylation sites (N-methyl/N-ethyl adjacent to an activating group) is 1. The van der Waals surface area contributed by atoms with E-state index in [1.165, 1.54) is 35.1 Å². The van der Waals surface area contributed by atoms with Crippen molar-refractivity contribution in [3.8, 4) is 5.75 Å². The number of ether oxygens (including phenoxy) is 1. The number of hydrogen-bond acceptors (Lipinski definition) is 2. The minimum Gasteiger partial charge on any atom is -0.493 e. The Labute approximate surface area is 126 Å². The van der Waals surface area contributed by atoms with Gasteiger partial charge in [-0.05, 0) is 48.2 Å². The van der Waals surface area contributed by atoms with Gasteiger partial charge in [-0.3, -0.25) is 0 Å². The van der Waals surface area contributed by atoms with E-state index in [0.29, 0.717) is 12.0 Å². The zero-order valence-corrected chi connectivity index (χ0v) is 12.4. The lowest BCUT2D eigenvalue weighted by Gasteiger charge is -2.25. The first kappa shape index (κ1) is 12.9. The molecule has 0 bridgehead atoms. The molecule has 1 heterocycles. The van der Waals surface area contributed by atoms with Gasteiger partial charge in [0, 0.05) is 18.4 Å². The van der Waals surface area contributed by atoms with Crippen molar-refractivity contribution in [3.05, 3.63) is 64.7 Å². The van der Waals surface area contributed by atoms with Gasteiger partial charge in [0.2, 0.25) is 0 Å². The molecule has 0 spiro atoms. The molecule has 0 fully saturated rings. The highest BCUT2D eigenvalue weighted by Gasteiger charge is 2.30. The molecule has 1 aliphatic carbocycles. The van der Waals surface area contributed by atoms with Crippen molar-refractivity contribution in [2.45, 2.75) is 31.2 Å². The molecule has 2 aromatic carbocycles. The van der Waals surface area contributed by atoms with E-state index in [4.69, 9.17) is 4.74 Å². The Bertz CT molecular complexity index is 664. The molecule has 0 saturated heterocycles. The fourth-order valence-corrected chi connectivity index (χ4v) is 3.94. The van der Waals surface area contributed by atoms with E-state index < -0.39 is 0 Å². The summed E-state index contributed by atoms with van der Waals surface area (Å²) in [5.74, 6) is 1.65. The highest BCUT2D eigenvalue weighted by atomic mass is 16.5. The Kier molecular flexibility index (Phi) is 3.19.